The van der Waals surface area contributed by atoms with Crippen LogP contribution < -0.4 is 0 Å². The van der Waals surface area contributed by atoms with Gasteiger partial charge in [0.05, 0.1) is 11.1 Å². The number of nitrogens with zero attached hydrogens (tertiary/aromatic N) is 2. The molecule has 0 aliphatic carbocycles. The summed E-state index contributed by atoms with van der Waals surface area (Å²) >= 11 is 0. The zero-order chi connectivity index (χ0) is 21.4. The molecule has 2 amide bonds. The summed E-state index contributed by atoms with van der Waals surface area (Å²) in [7, 11) is 0. The van der Waals surface area contributed by atoms with Gasteiger partial charge in [0.25, 0.3) is 17.6 Å². The third kappa shape index (κ3) is 3.34. The Balaban J connectivity index is 1.52. The maximum atomic E-state index is 14.2. The van der Waals surface area contributed by atoms with Gasteiger partial charge >= 0.3 is 0 Å². The zero-order valence-corrected chi connectivity index (χ0v) is 16.2. The van der Waals surface area contributed by atoms with Crippen molar-refractivity contribution in [3.8, 4) is 0 Å². The van der Waals surface area contributed by atoms with Crippen LogP contribution >= 0.6 is 0 Å². The molecular formula is C22H19F2N3O3. The highest BCUT2D eigenvalue weighted by molar-refractivity contribution is 6.45. The van der Waals surface area contributed by atoms with Gasteiger partial charge in [-0.1, -0.05) is 18.2 Å². The van der Waals surface area contributed by atoms with Crippen LogP contribution in [0, 0.1) is 11.6 Å². The van der Waals surface area contributed by atoms with E-state index in [2.05, 4.69) is 4.98 Å². The second kappa shape index (κ2) is 7.70. The second-order valence-corrected chi connectivity index (χ2v) is 7.28. The summed E-state index contributed by atoms with van der Waals surface area (Å²) in [5.74, 6) is -3.36. The van der Waals surface area contributed by atoms with E-state index in [0.717, 1.165) is 18.3 Å². The molecule has 1 N–H and O–H groups in total. The molecular weight excluding hydrogens is 392 g/mol. The van der Waals surface area contributed by atoms with Crippen LogP contribution in [-0.4, -0.2) is 58.1 Å². The Morgan fingerprint density at radius 2 is 1.70 bits per heavy atom. The molecule has 6 nitrogen and oxygen atoms in total. The summed E-state index contributed by atoms with van der Waals surface area (Å²) in [6.07, 6.45) is 1.15. The van der Waals surface area contributed by atoms with Gasteiger partial charge in [-0.3, -0.25) is 14.4 Å². The van der Waals surface area contributed by atoms with E-state index in [9.17, 15) is 23.2 Å². The lowest BCUT2D eigenvalue weighted by molar-refractivity contribution is -0.130. The number of Topliss-reactive ketones (excluding diaryl/α,β-unsaturated/α-hetero) is 1. The molecule has 0 bridgehead atoms. The number of carbonyl (C=O) groups is 3. The molecule has 1 saturated heterocycles. The quantitative estimate of drug-likeness (QED) is 0.532. The van der Waals surface area contributed by atoms with Gasteiger partial charge < -0.3 is 14.8 Å². The molecule has 1 aliphatic rings. The largest absolute Gasteiger partial charge is 0.358 e. The smallest absolute Gasteiger partial charge is 0.295 e. The van der Waals surface area contributed by atoms with Gasteiger partial charge in [0.2, 0.25) is 0 Å². The molecule has 0 saturated carbocycles. The molecule has 4 rings (SSSR count). The summed E-state index contributed by atoms with van der Waals surface area (Å²) in [5, 5.41) is -0.237. The summed E-state index contributed by atoms with van der Waals surface area (Å²) in [6, 6.07) is 10.3. The summed E-state index contributed by atoms with van der Waals surface area (Å²) in [6.45, 7) is 2.45. The molecule has 8 heteroatoms. The lowest BCUT2D eigenvalue weighted by Crippen LogP contribution is -2.56. The van der Waals surface area contributed by atoms with E-state index in [1.54, 1.807) is 36.1 Å². The van der Waals surface area contributed by atoms with Gasteiger partial charge in [-0.15, -0.1) is 0 Å². The van der Waals surface area contributed by atoms with Crippen molar-refractivity contribution < 1.29 is 23.2 Å². The topological polar surface area (TPSA) is 73.5 Å². The minimum atomic E-state index is -0.916. The Morgan fingerprint density at radius 1 is 1.00 bits per heavy atom. The highest BCUT2D eigenvalue weighted by Crippen LogP contribution is 2.25. The number of carbonyl (C=O) groups excluding carboxylic acids is 3. The summed E-state index contributed by atoms with van der Waals surface area (Å²) in [4.78, 5) is 43.8. The van der Waals surface area contributed by atoms with E-state index in [1.807, 2.05) is 6.07 Å². The minimum Gasteiger partial charge on any atom is -0.358 e. The highest BCUT2D eigenvalue weighted by Gasteiger charge is 2.34. The number of H-pyrrole nitrogens is 1. The molecule has 1 fully saturated rings. The molecule has 1 aliphatic heterocycles. The second-order valence-electron chi connectivity index (χ2n) is 7.28. The van der Waals surface area contributed by atoms with Crippen molar-refractivity contribution in [2.24, 2.45) is 0 Å². The Hall–Kier alpha value is -3.55. The van der Waals surface area contributed by atoms with Crippen molar-refractivity contribution in [2.45, 2.75) is 13.0 Å². The van der Waals surface area contributed by atoms with E-state index in [1.165, 1.54) is 4.90 Å². The van der Waals surface area contributed by atoms with Crippen LogP contribution in [0.15, 0.2) is 48.7 Å². The van der Waals surface area contributed by atoms with E-state index >= 15 is 0 Å². The Kier molecular flexibility index (Phi) is 5.07. The molecule has 2 aromatic carbocycles. The Bertz CT molecular complexity index is 1140. The first-order valence-corrected chi connectivity index (χ1v) is 9.53. The Morgan fingerprint density at radius 3 is 2.40 bits per heavy atom. The van der Waals surface area contributed by atoms with Gasteiger partial charge in [-0.2, -0.15) is 0 Å². The fourth-order valence-corrected chi connectivity index (χ4v) is 3.80. The normalized spacial score (nSPS) is 16.7. The van der Waals surface area contributed by atoms with Crippen molar-refractivity contribution in [1.82, 2.24) is 14.8 Å². The van der Waals surface area contributed by atoms with E-state index in [-0.39, 0.29) is 42.0 Å². The van der Waals surface area contributed by atoms with Crippen molar-refractivity contribution in [2.75, 3.05) is 19.6 Å². The zero-order valence-electron chi connectivity index (χ0n) is 16.2. The van der Waals surface area contributed by atoms with Crippen molar-refractivity contribution in [3.63, 3.8) is 0 Å². The number of aromatic amines is 1. The standard InChI is InChI=1S/C22H19F2N3O3/c1-13-12-26(21(29)14-5-3-2-4-6-14)9-10-27(13)22(30)20(28)15-11-25-19-17(24)8-7-16(23)18(15)19/h2-8,11,13,25H,9-10,12H2,1H3/t13-/m1/s1. The van der Waals surface area contributed by atoms with Crippen LogP contribution in [-0.2, 0) is 4.79 Å². The van der Waals surface area contributed by atoms with Gasteiger partial charge in [0, 0.05) is 42.8 Å². The molecule has 1 aromatic heterocycles. The molecule has 0 unspecified atom stereocenters. The minimum absolute atomic E-state index is 0.143. The SMILES string of the molecule is C[C@@H]1CN(C(=O)c2ccccc2)CCN1C(=O)C(=O)c1c[nH]c2c(F)ccc(F)c12. The predicted molar refractivity (Wildman–Crippen MR) is 106 cm³/mol. The fraction of sp³-hybridized carbons (Fsp3) is 0.227. The first-order chi connectivity index (χ1) is 14.4. The summed E-state index contributed by atoms with van der Waals surface area (Å²) in [5.41, 5.74) is 0.191. The lowest BCUT2D eigenvalue weighted by atomic mass is 10.1. The number of benzene rings is 2. The average molecular weight is 411 g/mol. The molecule has 2 heterocycles. The maximum absolute atomic E-state index is 14.2. The van der Waals surface area contributed by atoms with Gasteiger partial charge in [-0.05, 0) is 31.2 Å². The van der Waals surface area contributed by atoms with Crippen LogP contribution in [0.5, 0.6) is 0 Å². The highest BCUT2D eigenvalue weighted by atomic mass is 19.1. The number of hydrogen-bond acceptors (Lipinski definition) is 3. The summed E-state index contributed by atoms with van der Waals surface area (Å²) < 4.78 is 28.1. The van der Waals surface area contributed by atoms with Crippen LogP contribution in [0.2, 0.25) is 0 Å². The third-order valence-corrected chi connectivity index (χ3v) is 5.37. The van der Waals surface area contributed by atoms with Crippen LogP contribution in [0.25, 0.3) is 10.9 Å². The number of fused-ring (bicyclic) bond motifs is 1. The first kappa shape index (κ1) is 19.8. The molecule has 0 spiro atoms. The molecule has 0 radical (unpaired) electrons. The number of nitrogens with one attached hydrogen (secondary N) is 1. The van der Waals surface area contributed by atoms with E-state index in [0.29, 0.717) is 5.56 Å². The molecule has 1 atom stereocenters. The van der Waals surface area contributed by atoms with Gasteiger partial charge in [-0.25, -0.2) is 8.78 Å². The van der Waals surface area contributed by atoms with Crippen molar-refractivity contribution >= 4 is 28.5 Å². The van der Waals surface area contributed by atoms with E-state index in [4.69, 9.17) is 0 Å². The van der Waals surface area contributed by atoms with Gasteiger partial charge in [0.15, 0.2) is 0 Å². The third-order valence-electron chi connectivity index (χ3n) is 5.37. The number of aromatic nitrogens is 1. The fourth-order valence-electron chi connectivity index (χ4n) is 3.80. The van der Waals surface area contributed by atoms with Gasteiger partial charge in [0.1, 0.15) is 11.6 Å². The Labute approximate surface area is 171 Å². The number of halogens is 2. The average Bonchev–Trinajstić information content (AvgIpc) is 3.22. The predicted octanol–water partition coefficient (Wildman–Crippen LogP) is 3.00. The van der Waals surface area contributed by atoms with Crippen LogP contribution in [0.1, 0.15) is 27.6 Å². The van der Waals surface area contributed by atoms with Crippen LogP contribution in [0.3, 0.4) is 0 Å². The number of ketones is 1. The van der Waals surface area contributed by atoms with Crippen molar-refractivity contribution in [1.29, 1.82) is 0 Å². The monoisotopic (exact) mass is 411 g/mol. The van der Waals surface area contributed by atoms with E-state index < -0.39 is 29.4 Å². The molecule has 154 valence electrons. The number of rotatable bonds is 3. The number of hydrogen-bond donors (Lipinski definition) is 1. The van der Waals surface area contributed by atoms with Crippen LogP contribution in [0.4, 0.5) is 8.78 Å². The first-order valence-electron chi connectivity index (χ1n) is 9.53. The lowest BCUT2D eigenvalue weighted by Gasteiger charge is -2.39. The number of amides is 2. The number of piperazine rings is 1. The molecule has 30 heavy (non-hydrogen) atoms. The molecule has 3 aromatic rings. The van der Waals surface area contributed by atoms with Crippen molar-refractivity contribution in [3.05, 3.63) is 71.4 Å². The maximum Gasteiger partial charge on any atom is 0.295 e.